The standard InChI is InChI=1S/C15H20O4S/c16-14(17)13-8-12(10-20-13)18-9-11-4-7-15(19-11)5-2-1-3-6-15/h8,10-11H,1-7,9H2,(H,16,17). The second-order valence-corrected chi connectivity index (χ2v) is 6.70. The van der Waals surface area contributed by atoms with Crippen LogP contribution in [0.15, 0.2) is 11.4 Å². The fourth-order valence-corrected chi connectivity index (χ4v) is 3.94. The van der Waals surface area contributed by atoms with Crippen LogP contribution in [0.3, 0.4) is 0 Å². The summed E-state index contributed by atoms with van der Waals surface area (Å²) in [4.78, 5) is 11.1. The van der Waals surface area contributed by atoms with Crippen LogP contribution in [0.2, 0.25) is 0 Å². The Morgan fingerprint density at radius 3 is 2.90 bits per heavy atom. The number of hydrogen-bond acceptors (Lipinski definition) is 4. The van der Waals surface area contributed by atoms with Crippen molar-refractivity contribution in [2.75, 3.05) is 6.61 Å². The van der Waals surface area contributed by atoms with Gasteiger partial charge in [0, 0.05) is 11.4 Å². The Balaban J connectivity index is 1.50. The highest BCUT2D eigenvalue weighted by Gasteiger charge is 2.40. The minimum Gasteiger partial charge on any atom is -0.490 e. The van der Waals surface area contributed by atoms with E-state index in [9.17, 15) is 4.79 Å². The van der Waals surface area contributed by atoms with Crippen LogP contribution in [-0.4, -0.2) is 29.4 Å². The summed E-state index contributed by atoms with van der Waals surface area (Å²) in [5, 5.41) is 10.6. The van der Waals surface area contributed by atoms with Crippen molar-refractivity contribution < 1.29 is 19.4 Å². The number of thiophene rings is 1. The van der Waals surface area contributed by atoms with Crippen LogP contribution in [0.25, 0.3) is 0 Å². The Hall–Kier alpha value is -1.07. The molecule has 0 amide bonds. The molecule has 5 heteroatoms. The van der Waals surface area contributed by atoms with Crippen LogP contribution >= 0.6 is 11.3 Å². The summed E-state index contributed by atoms with van der Waals surface area (Å²) in [7, 11) is 0. The lowest BCUT2D eigenvalue weighted by Gasteiger charge is -2.33. The zero-order chi connectivity index (χ0) is 14.0. The molecule has 1 atom stereocenters. The molecular weight excluding hydrogens is 276 g/mol. The Labute approximate surface area is 122 Å². The molecule has 1 aromatic heterocycles. The van der Waals surface area contributed by atoms with Gasteiger partial charge in [0.1, 0.15) is 17.2 Å². The fraction of sp³-hybridized carbons (Fsp3) is 0.667. The van der Waals surface area contributed by atoms with Crippen molar-refractivity contribution >= 4 is 17.3 Å². The van der Waals surface area contributed by atoms with Crippen LogP contribution in [0.5, 0.6) is 5.75 Å². The first-order valence-corrected chi connectivity index (χ1v) is 8.17. The SMILES string of the molecule is O=C(O)c1cc(OCC2CCC3(CCCCC3)O2)cs1. The Morgan fingerprint density at radius 2 is 2.20 bits per heavy atom. The minimum absolute atomic E-state index is 0.118. The van der Waals surface area contributed by atoms with Crippen molar-refractivity contribution in [3.05, 3.63) is 16.3 Å². The molecule has 1 aliphatic carbocycles. The van der Waals surface area contributed by atoms with Gasteiger partial charge in [-0.2, -0.15) is 0 Å². The highest BCUT2D eigenvalue weighted by Crippen LogP contribution is 2.42. The van der Waals surface area contributed by atoms with Crippen molar-refractivity contribution in [1.29, 1.82) is 0 Å². The number of carboxylic acids is 1. The molecule has 4 nitrogen and oxygen atoms in total. The van der Waals surface area contributed by atoms with E-state index in [-0.39, 0.29) is 11.7 Å². The fourth-order valence-electron chi connectivity index (χ4n) is 3.27. The van der Waals surface area contributed by atoms with E-state index in [1.54, 1.807) is 11.4 Å². The van der Waals surface area contributed by atoms with Gasteiger partial charge >= 0.3 is 5.97 Å². The van der Waals surface area contributed by atoms with E-state index in [0.717, 1.165) is 12.8 Å². The van der Waals surface area contributed by atoms with Gasteiger partial charge in [-0.15, -0.1) is 11.3 Å². The molecule has 1 N–H and O–H groups in total. The average molecular weight is 296 g/mol. The molecule has 1 saturated carbocycles. The van der Waals surface area contributed by atoms with E-state index < -0.39 is 5.97 Å². The first-order chi connectivity index (χ1) is 9.67. The van der Waals surface area contributed by atoms with E-state index >= 15 is 0 Å². The highest BCUT2D eigenvalue weighted by atomic mass is 32.1. The summed E-state index contributed by atoms with van der Waals surface area (Å²) in [6.45, 7) is 0.525. The van der Waals surface area contributed by atoms with Gasteiger partial charge in [0.15, 0.2) is 0 Å². The average Bonchev–Trinajstić information content (AvgIpc) is 3.05. The molecule has 1 saturated heterocycles. The smallest absolute Gasteiger partial charge is 0.346 e. The maximum absolute atomic E-state index is 10.8. The predicted molar refractivity (Wildman–Crippen MR) is 76.7 cm³/mol. The lowest BCUT2D eigenvalue weighted by Crippen LogP contribution is -2.32. The van der Waals surface area contributed by atoms with Crippen LogP contribution < -0.4 is 4.74 Å². The summed E-state index contributed by atoms with van der Waals surface area (Å²) in [6, 6.07) is 1.58. The van der Waals surface area contributed by atoms with Gasteiger partial charge in [0.25, 0.3) is 0 Å². The van der Waals surface area contributed by atoms with Crippen molar-refractivity contribution in [1.82, 2.24) is 0 Å². The van der Waals surface area contributed by atoms with Crippen LogP contribution in [0.1, 0.15) is 54.6 Å². The lowest BCUT2D eigenvalue weighted by molar-refractivity contribution is -0.0748. The molecule has 1 unspecified atom stereocenters. The molecule has 1 spiro atoms. The predicted octanol–water partition coefficient (Wildman–Crippen LogP) is 3.71. The molecule has 2 heterocycles. The molecule has 0 bridgehead atoms. The molecule has 20 heavy (non-hydrogen) atoms. The molecule has 0 radical (unpaired) electrons. The third kappa shape index (κ3) is 2.99. The zero-order valence-corrected chi connectivity index (χ0v) is 12.3. The minimum atomic E-state index is -0.900. The lowest BCUT2D eigenvalue weighted by atomic mass is 9.83. The first kappa shape index (κ1) is 13.9. The number of aromatic carboxylic acids is 1. The van der Waals surface area contributed by atoms with Crippen LogP contribution in [0, 0.1) is 0 Å². The molecule has 0 aromatic carbocycles. The van der Waals surface area contributed by atoms with Gasteiger partial charge in [-0.05, 0) is 25.7 Å². The first-order valence-electron chi connectivity index (χ1n) is 7.29. The highest BCUT2D eigenvalue weighted by molar-refractivity contribution is 7.12. The van der Waals surface area contributed by atoms with Gasteiger partial charge in [-0.3, -0.25) is 0 Å². The number of ether oxygens (including phenoxy) is 2. The van der Waals surface area contributed by atoms with Gasteiger partial charge in [0.05, 0.1) is 11.7 Å². The van der Waals surface area contributed by atoms with Crippen LogP contribution in [-0.2, 0) is 4.74 Å². The van der Waals surface area contributed by atoms with E-state index in [0.29, 0.717) is 17.2 Å². The van der Waals surface area contributed by atoms with Crippen molar-refractivity contribution in [2.45, 2.75) is 56.7 Å². The van der Waals surface area contributed by atoms with E-state index in [1.165, 1.54) is 43.4 Å². The summed E-state index contributed by atoms with van der Waals surface area (Å²) in [5.74, 6) is -0.260. The molecule has 110 valence electrons. The molecule has 3 rings (SSSR count). The molecule has 2 aliphatic rings. The third-order valence-electron chi connectivity index (χ3n) is 4.33. The van der Waals surface area contributed by atoms with Crippen molar-refractivity contribution in [3.63, 3.8) is 0 Å². The molecular formula is C15H20O4S. The van der Waals surface area contributed by atoms with E-state index in [2.05, 4.69) is 0 Å². The van der Waals surface area contributed by atoms with E-state index in [1.807, 2.05) is 0 Å². The topological polar surface area (TPSA) is 55.8 Å². The van der Waals surface area contributed by atoms with Gasteiger partial charge < -0.3 is 14.6 Å². The number of carbonyl (C=O) groups is 1. The van der Waals surface area contributed by atoms with E-state index in [4.69, 9.17) is 14.6 Å². The Bertz CT molecular complexity index is 476. The third-order valence-corrected chi connectivity index (χ3v) is 5.22. The summed E-state index contributed by atoms with van der Waals surface area (Å²) in [6.07, 6.45) is 8.61. The maximum Gasteiger partial charge on any atom is 0.346 e. The molecule has 2 fully saturated rings. The summed E-state index contributed by atoms with van der Waals surface area (Å²) < 4.78 is 11.9. The van der Waals surface area contributed by atoms with Gasteiger partial charge in [-0.25, -0.2) is 4.79 Å². The summed E-state index contributed by atoms with van der Waals surface area (Å²) in [5.41, 5.74) is 0.118. The molecule has 1 aliphatic heterocycles. The normalized spacial score (nSPS) is 24.9. The Kier molecular flexibility index (Phi) is 3.98. The maximum atomic E-state index is 10.8. The van der Waals surface area contributed by atoms with Crippen molar-refractivity contribution in [2.24, 2.45) is 0 Å². The number of carboxylic acid groups (broad SMARTS) is 1. The van der Waals surface area contributed by atoms with Crippen molar-refractivity contribution in [3.8, 4) is 5.75 Å². The van der Waals surface area contributed by atoms with Gasteiger partial charge in [0.2, 0.25) is 0 Å². The summed E-state index contributed by atoms with van der Waals surface area (Å²) >= 11 is 1.20. The van der Waals surface area contributed by atoms with Crippen LogP contribution in [0.4, 0.5) is 0 Å². The largest absolute Gasteiger partial charge is 0.490 e. The number of hydrogen-bond donors (Lipinski definition) is 1. The monoisotopic (exact) mass is 296 g/mol. The molecule has 1 aromatic rings. The quantitative estimate of drug-likeness (QED) is 0.920. The Morgan fingerprint density at radius 1 is 1.40 bits per heavy atom. The second kappa shape index (κ2) is 5.74. The number of rotatable bonds is 4. The second-order valence-electron chi connectivity index (χ2n) is 5.79. The zero-order valence-electron chi connectivity index (χ0n) is 11.5. The van der Waals surface area contributed by atoms with Gasteiger partial charge in [-0.1, -0.05) is 19.3 Å².